The quantitative estimate of drug-likeness (QED) is 0.734. The maximum atomic E-state index is 11.6. The number of nitrogens with one attached hydrogen (secondary N) is 1. The summed E-state index contributed by atoms with van der Waals surface area (Å²) in [5, 5.41) is 8.62. The summed E-state index contributed by atoms with van der Waals surface area (Å²) >= 11 is 0. The number of hydrogen-bond donors (Lipinski definition) is 3. The minimum atomic E-state index is -3.76. The summed E-state index contributed by atoms with van der Waals surface area (Å²) in [5.74, 6) is 0.617. The molecule has 1 saturated carbocycles. The molecule has 0 radical (unpaired) electrons. The lowest BCUT2D eigenvalue weighted by atomic mass is 9.97. The number of nitrogens with two attached hydrogens (primary N) is 2. The van der Waals surface area contributed by atoms with Crippen LogP contribution in [0.2, 0.25) is 0 Å². The first-order valence-electron chi connectivity index (χ1n) is 6.32. The maximum absolute atomic E-state index is 11.6. The average molecular weight is 283 g/mol. The number of nitrogen functional groups attached to an aromatic ring is 1. The van der Waals surface area contributed by atoms with Crippen molar-refractivity contribution in [3.8, 4) is 0 Å². The molecule has 0 amide bonds. The Labute approximate surface area is 114 Å². The molecule has 0 aliphatic heterocycles. The van der Waals surface area contributed by atoms with E-state index < -0.39 is 10.0 Å². The third-order valence-electron chi connectivity index (χ3n) is 3.74. The highest BCUT2D eigenvalue weighted by Crippen LogP contribution is 2.42. The molecule has 0 bridgehead atoms. The number of benzene rings is 1. The third kappa shape index (κ3) is 3.01. The number of primary sulfonamides is 1. The fourth-order valence-corrected chi connectivity index (χ4v) is 3.23. The standard InChI is InChI=1S/C13H21N3O2S/c1-8-11(16-13(2,3)9-4-5-9)6-10(14)7-12(8)19(15,17)18/h6-7,9,16H,4-5,14H2,1-3H3,(H2,15,17,18). The van der Waals surface area contributed by atoms with Crippen molar-refractivity contribution in [1.29, 1.82) is 0 Å². The highest BCUT2D eigenvalue weighted by molar-refractivity contribution is 7.89. The van der Waals surface area contributed by atoms with Crippen LogP contribution in [-0.4, -0.2) is 14.0 Å². The number of hydrogen-bond acceptors (Lipinski definition) is 4. The molecule has 1 aliphatic rings. The van der Waals surface area contributed by atoms with Gasteiger partial charge in [0.1, 0.15) is 0 Å². The van der Waals surface area contributed by atoms with Gasteiger partial charge in [-0.25, -0.2) is 13.6 Å². The monoisotopic (exact) mass is 283 g/mol. The molecule has 0 spiro atoms. The van der Waals surface area contributed by atoms with E-state index in [1.807, 2.05) is 0 Å². The van der Waals surface area contributed by atoms with E-state index in [1.54, 1.807) is 13.0 Å². The molecule has 0 unspecified atom stereocenters. The summed E-state index contributed by atoms with van der Waals surface area (Å²) in [6, 6.07) is 3.16. The molecule has 5 nitrogen and oxygen atoms in total. The summed E-state index contributed by atoms with van der Waals surface area (Å²) in [5.41, 5.74) is 7.45. The summed E-state index contributed by atoms with van der Waals surface area (Å²) in [6.07, 6.45) is 2.40. The van der Waals surface area contributed by atoms with Crippen molar-refractivity contribution in [2.45, 2.75) is 44.0 Å². The molecular weight excluding hydrogens is 262 g/mol. The molecule has 0 heterocycles. The van der Waals surface area contributed by atoms with Crippen molar-refractivity contribution in [3.05, 3.63) is 17.7 Å². The first-order chi connectivity index (χ1) is 8.61. The Morgan fingerprint density at radius 2 is 1.89 bits per heavy atom. The van der Waals surface area contributed by atoms with Crippen LogP contribution in [0.4, 0.5) is 11.4 Å². The summed E-state index contributed by atoms with van der Waals surface area (Å²) in [7, 11) is -3.76. The van der Waals surface area contributed by atoms with Gasteiger partial charge in [-0.15, -0.1) is 0 Å². The van der Waals surface area contributed by atoms with Crippen LogP contribution in [0.15, 0.2) is 17.0 Å². The first-order valence-corrected chi connectivity index (χ1v) is 7.87. The van der Waals surface area contributed by atoms with E-state index in [-0.39, 0.29) is 10.4 Å². The molecule has 1 aliphatic carbocycles. The van der Waals surface area contributed by atoms with E-state index in [2.05, 4.69) is 19.2 Å². The normalized spacial score (nSPS) is 16.4. The summed E-state index contributed by atoms with van der Waals surface area (Å²) < 4.78 is 23.1. The molecule has 0 saturated heterocycles. The topological polar surface area (TPSA) is 98.2 Å². The molecule has 1 fully saturated rings. The van der Waals surface area contributed by atoms with Crippen molar-refractivity contribution in [2.75, 3.05) is 11.1 Å². The average Bonchev–Trinajstić information content (AvgIpc) is 3.04. The zero-order chi connectivity index (χ0) is 14.4. The lowest BCUT2D eigenvalue weighted by Crippen LogP contribution is -2.33. The predicted octanol–water partition coefficient (Wildman–Crippen LogP) is 1.83. The fourth-order valence-electron chi connectivity index (χ4n) is 2.39. The van der Waals surface area contributed by atoms with Crippen LogP contribution in [0, 0.1) is 12.8 Å². The van der Waals surface area contributed by atoms with Crippen molar-refractivity contribution in [2.24, 2.45) is 11.1 Å². The Kier molecular flexibility index (Phi) is 3.26. The second-order valence-electron chi connectivity index (χ2n) is 5.86. The van der Waals surface area contributed by atoms with Gasteiger partial charge in [0, 0.05) is 16.9 Å². The second kappa shape index (κ2) is 4.38. The van der Waals surface area contributed by atoms with Crippen LogP contribution < -0.4 is 16.2 Å². The minimum Gasteiger partial charge on any atom is -0.399 e. The zero-order valence-corrected chi connectivity index (χ0v) is 12.3. The molecule has 5 N–H and O–H groups in total. The van der Waals surface area contributed by atoms with Gasteiger partial charge < -0.3 is 11.1 Å². The smallest absolute Gasteiger partial charge is 0.238 e. The zero-order valence-electron chi connectivity index (χ0n) is 11.5. The SMILES string of the molecule is Cc1c(NC(C)(C)C2CC2)cc(N)cc1S(N)(=O)=O. The molecule has 0 aromatic heterocycles. The molecule has 6 heteroatoms. The van der Waals surface area contributed by atoms with Crippen molar-refractivity contribution in [1.82, 2.24) is 0 Å². The molecule has 0 atom stereocenters. The van der Waals surface area contributed by atoms with E-state index in [9.17, 15) is 8.42 Å². The van der Waals surface area contributed by atoms with Crippen LogP contribution in [0.1, 0.15) is 32.3 Å². The molecule has 2 rings (SSSR count). The van der Waals surface area contributed by atoms with Gasteiger partial charge in [-0.2, -0.15) is 0 Å². The van der Waals surface area contributed by atoms with Crippen LogP contribution in [0.25, 0.3) is 0 Å². The van der Waals surface area contributed by atoms with Gasteiger partial charge >= 0.3 is 0 Å². The van der Waals surface area contributed by atoms with E-state index >= 15 is 0 Å². The summed E-state index contributed by atoms with van der Waals surface area (Å²) in [6.45, 7) is 5.97. The Hall–Kier alpha value is -1.27. The van der Waals surface area contributed by atoms with Gasteiger partial charge in [-0.3, -0.25) is 0 Å². The largest absolute Gasteiger partial charge is 0.399 e. The number of anilines is 2. The fraction of sp³-hybridized carbons (Fsp3) is 0.538. The number of rotatable bonds is 4. The van der Waals surface area contributed by atoms with Gasteiger partial charge in [0.2, 0.25) is 10.0 Å². The highest BCUT2D eigenvalue weighted by atomic mass is 32.2. The van der Waals surface area contributed by atoms with E-state index in [4.69, 9.17) is 10.9 Å². The van der Waals surface area contributed by atoms with E-state index in [0.717, 1.165) is 5.69 Å². The Balaban J connectivity index is 2.43. The van der Waals surface area contributed by atoms with Gasteiger partial charge in [0.15, 0.2) is 0 Å². The van der Waals surface area contributed by atoms with Crippen molar-refractivity contribution < 1.29 is 8.42 Å². The molecule has 19 heavy (non-hydrogen) atoms. The predicted molar refractivity (Wildman–Crippen MR) is 77.4 cm³/mol. The van der Waals surface area contributed by atoms with E-state index in [1.165, 1.54) is 18.9 Å². The van der Waals surface area contributed by atoms with Crippen LogP contribution >= 0.6 is 0 Å². The molecule has 106 valence electrons. The van der Waals surface area contributed by atoms with Gasteiger partial charge in [-0.05, 0) is 57.2 Å². The Bertz CT molecular complexity index is 605. The lowest BCUT2D eigenvalue weighted by Gasteiger charge is -2.29. The van der Waals surface area contributed by atoms with Gasteiger partial charge in [0.25, 0.3) is 0 Å². The Morgan fingerprint density at radius 3 is 2.37 bits per heavy atom. The van der Waals surface area contributed by atoms with Crippen molar-refractivity contribution >= 4 is 21.4 Å². The highest BCUT2D eigenvalue weighted by Gasteiger charge is 2.38. The van der Waals surface area contributed by atoms with Crippen LogP contribution in [0.3, 0.4) is 0 Å². The van der Waals surface area contributed by atoms with E-state index in [0.29, 0.717) is 17.2 Å². The lowest BCUT2D eigenvalue weighted by molar-refractivity contribution is 0.494. The second-order valence-corrected chi connectivity index (χ2v) is 7.39. The maximum Gasteiger partial charge on any atom is 0.238 e. The molecule has 1 aromatic carbocycles. The number of sulfonamides is 1. The summed E-state index contributed by atoms with van der Waals surface area (Å²) in [4.78, 5) is 0.0848. The first kappa shape index (κ1) is 14.1. The minimum absolute atomic E-state index is 0.0752. The van der Waals surface area contributed by atoms with Crippen LogP contribution in [-0.2, 0) is 10.0 Å². The van der Waals surface area contributed by atoms with Gasteiger partial charge in [-0.1, -0.05) is 0 Å². The van der Waals surface area contributed by atoms with Gasteiger partial charge in [0.05, 0.1) is 4.90 Å². The molecule has 1 aromatic rings. The molecular formula is C13H21N3O2S. The van der Waals surface area contributed by atoms with Crippen LogP contribution in [0.5, 0.6) is 0 Å². The third-order valence-corrected chi connectivity index (χ3v) is 4.78. The Morgan fingerprint density at radius 1 is 1.32 bits per heavy atom. The van der Waals surface area contributed by atoms with Crippen molar-refractivity contribution in [3.63, 3.8) is 0 Å².